The first-order valence-electron chi connectivity index (χ1n) is 11.6. The van der Waals surface area contributed by atoms with E-state index in [2.05, 4.69) is 10.6 Å². The summed E-state index contributed by atoms with van der Waals surface area (Å²) in [4.78, 5) is 51.3. The zero-order valence-electron chi connectivity index (χ0n) is 20.2. The van der Waals surface area contributed by atoms with Crippen LogP contribution in [-0.2, 0) is 14.3 Å². The Bertz CT molecular complexity index is 1400. The Labute approximate surface area is 218 Å². The lowest BCUT2D eigenvalue weighted by molar-refractivity contribution is -0.120. The number of esters is 1. The van der Waals surface area contributed by atoms with Crippen molar-refractivity contribution in [2.75, 3.05) is 22.1 Å². The van der Waals surface area contributed by atoms with E-state index in [-0.39, 0.29) is 16.6 Å². The Balaban J connectivity index is 1.41. The molecule has 0 atom stereocenters. The Morgan fingerprint density at radius 2 is 1.49 bits per heavy atom. The summed E-state index contributed by atoms with van der Waals surface area (Å²) in [5.41, 5.74) is 2.95. The molecular formula is C28H24ClN3O5. The van der Waals surface area contributed by atoms with Crippen LogP contribution in [0.1, 0.15) is 39.6 Å². The van der Waals surface area contributed by atoms with Crippen LogP contribution in [0.25, 0.3) is 0 Å². The largest absolute Gasteiger partial charge is 0.462 e. The number of ether oxygens (including phenoxy) is 1. The Morgan fingerprint density at radius 3 is 2.14 bits per heavy atom. The van der Waals surface area contributed by atoms with Gasteiger partial charge >= 0.3 is 5.97 Å². The molecule has 0 aliphatic carbocycles. The van der Waals surface area contributed by atoms with Gasteiger partial charge in [0, 0.05) is 16.9 Å². The van der Waals surface area contributed by atoms with E-state index in [1.54, 1.807) is 73.7 Å². The number of benzene rings is 3. The minimum atomic E-state index is -0.607. The van der Waals surface area contributed by atoms with E-state index < -0.39 is 17.8 Å². The van der Waals surface area contributed by atoms with Crippen molar-refractivity contribution in [1.29, 1.82) is 0 Å². The molecule has 1 aliphatic heterocycles. The number of aryl methyl sites for hydroxylation is 1. The average Bonchev–Trinajstić information content (AvgIpc) is 3.11. The van der Waals surface area contributed by atoms with E-state index >= 15 is 0 Å². The topological polar surface area (TPSA) is 105 Å². The molecule has 9 heteroatoms. The number of hydrogen-bond donors (Lipinski definition) is 2. The van der Waals surface area contributed by atoms with Gasteiger partial charge in [0.05, 0.1) is 17.9 Å². The molecule has 188 valence electrons. The Hall–Kier alpha value is -4.43. The fourth-order valence-corrected chi connectivity index (χ4v) is 3.88. The van der Waals surface area contributed by atoms with Crippen molar-refractivity contribution in [2.24, 2.45) is 0 Å². The summed E-state index contributed by atoms with van der Waals surface area (Å²) in [6, 6.07) is 19.8. The molecule has 3 aromatic carbocycles. The highest BCUT2D eigenvalue weighted by atomic mass is 35.5. The van der Waals surface area contributed by atoms with Crippen LogP contribution in [0, 0.1) is 6.92 Å². The quantitative estimate of drug-likeness (QED) is 0.312. The Morgan fingerprint density at radius 1 is 0.865 bits per heavy atom. The molecule has 1 aliphatic rings. The number of imide groups is 1. The van der Waals surface area contributed by atoms with Gasteiger partial charge in [0.25, 0.3) is 17.7 Å². The van der Waals surface area contributed by atoms with E-state index in [0.717, 1.165) is 16.9 Å². The minimum absolute atomic E-state index is 0.0373. The zero-order chi connectivity index (χ0) is 26.5. The second kappa shape index (κ2) is 11.1. The van der Waals surface area contributed by atoms with Crippen molar-refractivity contribution < 1.29 is 23.9 Å². The number of rotatable bonds is 8. The van der Waals surface area contributed by atoms with Crippen LogP contribution in [0.5, 0.6) is 0 Å². The van der Waals surface area contributed by atoms with Gasteiger partial charge in [-0.25, -0.2) is 9.69 Å². The summed E-state index contributed by atoms with van der Waals surface area (Å²) in [6.07, 6.45) is 0.735. The molecule has 2 N–H and O–H groups in total. The molecule has 1 heterocycles. The second-order valence-electron chi connectivity index (χ2n) is 8.29. The molecule has 0 spiro atoms. The normalized spacial score (nSPS) is 13.1. The van der Waals surface area contributed by atoms with E-state index in [4.69, 9.17) is 16.3 Å². The van der Waals surface area contributed by atoms with Crippen LogP contribution in [0.3, 0.4) is 0 Å². The van der Waals surface area contributed by atoms with Gasteiger partial charge in [-0.2, -0.15) is 0 Å². The number of carbonyl (C=O) groups excluding carboxylic acids is 4. The molecule has 0 fully saturated rings. The maximum Gasteiger partial charge on any atom is 0.338 e. The van der Waals surface area contributed by atoms with Crippen molar-refractivity contribution in [3.05, 3.63) is 100 Å². The maximum atomic E-state index is 13.0. The maximum absolute atomic E-state index is 13.0. The lowest BCUT2D eigenvalue weighted by Crippen LogP contribution is -2.32. The molecule has 3 amide bonds. The zero-order valence-corrected chi connectivity index (χ0v) is 21.0. The van der Waals surface area contributed by atoms with Crippen LogP contribution >= 0.6 is 11.6 Å². The third-order valence-corrected chi connectivity index (χ3v) is 5.97. The molecule has 0 saturated heterocycles. The van der Waals surface area contributed by atoms with E-state index in [1.165, 1.54) is 0 Å². The van der Waals surface area contributed by atoms with Crippen molar-refractivity contribution in [1.82, 2.24) is 0 Å². The SMILES string of the molecule is CCCOC(=O)c1ccc(NC(=O)c2ccc(NC3=C(Cl)C(=O)N(c4ccccc4C)C3=O)cc2)cc1. The van der Waals surface area contributed by atoms with Gasteiger partial charge in [-0.05, 0) is 73.5 Å². The molecule has 0 aromatic heterocycles. The number of anilines is 3. The molecule has 0 unspecified atom stereocenters. The first-order chi connectivity index (χ1) is 17.8. The minimum Gasteiger partial charge on any atom is -0.462 e. The summed E-state index contributed by atoms with van der Waals surface area (Å²) < 4.78 is 5.09. The highest BCUT2D eigenvalue weighted by Crippen LogP contribution is 2.31. The summed E-state index contributed by atoms with van der Waals surface area (Å²) in [6.45, 7) is 4.06. The number of nitrogens with zero attached hydrogens (tertiary/aromatic N) is 1. The first kappa shape index (κ1) is 25.7. The summed E-state index contributed by atoms with van der Waals surface area (Å²) in [5.74, 6) is -1.94. The third kappa shape index (κ3) is 5.54. The first-order valence-corrected chi connectivity index (χ1v) is 12.0. The van der Waals surface area contributed by atoms with Crippen LogP contribution in [-0.4, -0.2) is 30.3 Å². The lowest BCUT2D eigenvalue weighted by Gasteiger charge is -2.17. The molecule has 37 heavy (non-hydrogen) atoms. The van der Waals surface area contributed by atoms with Gasteiger partial charge in [0.1, 0.15) is 10.7 Å². The van der Waals surface area contributed by atoms with E-state index in [9.17, 15) is 19.2 Å². The number of amides is 3. The predicted molar refractivity (Wildman–Crippen MR) is 142 cm³/mol. The highest BCUT2D eigenvalue weighted by molar-refractivity contribution is 6.53. The number of nitrogens with one attached hydrogen (secondary N) is 2. The van der Waals surface area contributed by atoms with Gasteiger partial charge in [0.2, 0.25) is 0 Å². The molecule has 8 nitrogen and oxygen atoms in total. The van der Waals surface area contributed by atoms with Crippen LogP contribution in [0.4, 0.5) is 17.1 Å². The monoisotopic (exact) mass is 517 g/mol. The van der Waals surface area contributed by atoms with Crippen LogP contribution in [0.2, 0.25) is 0 Å². The van der Waals surface area contributed by atoms with Gasteiger partial charge in [-0.1, -0.05) is 36.7 Å². The highest BCUT2D eigenvalue weighted by Gasteiger charge is 2.39. The molecular weight excluding hydrogens is 494 g/mol. The summed E-state index contributed by atoms with van der Waals surface area (Å²) in [5, 5.41) is 5.45. The van der Waals surface area contributed by atoms with Gasteiger partial charge in [-0.15, -0.1) is 0 Å². The standard InChI is InChI=1S/C28H24ClN3O5/c1-3-16-37-28(36)19-10-14-21(15-11-19)31-25(33)18-8-12-20(13-9-18)30-24-23(29)26(34)32(27(24)35)22-7-5-4-6-17(22)2/h4-15,30H,3,16H2,1-2H3,(H,31,33). The van der Waals surface area contributed by atoms with Gasteiger partial charge in [-0.3, -0.25) is 14.4 Å². The van der Waals surface area contributed by atoms with Gasteiger partial charge < -0.3 is 15.4 Å². The van der Waals surface area contributed by atoms with Crippen LogP contribution < -0.4 is 15.5 Å². The number of carbonyl (C=O) groups is 4. The predicted octanol–water partition coefficient (Wildman–Crippen LogP) is 5.25. The molecule has 0 radical (unpaired) electrons. The molecule has 0 bridgehead atoms. The summed E-state index contributed by atoms with van der Waals surface area (Å²) in [7, 11) is 0. The Kier molecular flexibility index (Phi) is 7.69. The van der Waals surface area contributed by atoms with Crippen molar-refractivity contribution in [3.8, 4) is 0 Å². The number of halogens is 1. The molecule has 3 aromatic rings. The molecule has 0 saturated carbocycles. The van der Waals surface area contributed by atoms with E-state index in [0.29, 0.717) is 34.8 Å². The number of hydrogen-bond acceptors (Lipinski definition) is 6. The van der Waals surface area contributed by atoms with Crippen molar-refractivity contribution >= 4 is 52.4 Å². The van der Waals surface area contributed by atoms with E-state index in [1.807, 2.05) is 13.0 Å². The fraction of sp³-hybridized carbons (Fsp3) is 0.143. The van der Waals surface area contributed by atoms with Crippen molar-refractivity contribution in [2.45, 2.75) is 20.3 Å². The lowest BCUT2D eigenvalue weighted by atomic mass is 10.1. The third-order valence-electron chi connectivity index (χ3n) is 5.62. The molecule has 4 rings (SSSR count). The summed E-state index contributed by atoms with van der Waals surface area (Å²) >= 11 is 6.21. The number of para-hydroxylation sites is 1. The van der Waals surface area contributed by atoms with Gasteiger partial charge in [0.15, 0.2) is 0 Å². The second-order valence-corrected chi connectivity index (χ2v) is 8.67. The average molecular weight is 518 g/mol. The van der Waals surface area contributed by atoms with Crippen molar-refractivity contribution in [3.63, 3.8) is 0 Å². The fourth-order valence-electron chi connectivity index (χ4n) is 3.66. The smallest absolute Gasteiger partial charge is 0.338 e. The van der Waals surface area contributed by atoms with Crippen LogP contribution in [0.15, 0.2) is 83.5 Å².